The van der Waals surface area contributed by atoms with E-state index in [0.29, 0.717) is 12.0 Å². The Balaban J connectivity index is 2.47. The topological polar surface area (TPSA) is 52.6 Å². The van der Waals surface area contributed by atoms with Crippen LogP contribution < -0.4 is 0 Å². The minimum atomic E-state index is -0.675. The molecule has 0 bridgehead atoms. The Morgan fingerprint density at radius 1 is 1.00 bits per heavy atom. The molecule has 0 aromatic heterocycles. The Kier molecular flexibility index (Phi) is 3.80. The van der Waals surface area contributed by atoms with Crippen molar-refractivity contribution in [3.63, 3.8) is 0 Å². The van der Waals surface area contributed by atoms with E-state index in [1.807, 2.05) is 30.3 Å². The lowest BCUT2D eigenvalue weighted by atomic mass is 9.91. The molecule has 1 aliphatic rings. The highest BCUT2D eigenvalue weighted by Gasteiger charge is 2.25. The molecule has 4 nitrogen and oxygen atoms in total. The largest absolute Gasteiger partial charge is 0.465 e. The number of ether oxygens (including phenoxy) is 2. The van der Waals surface area contributed by atoms with Crippen molar-refractivity contribution in [1.82, 2.24) is 0 Å². The Morgan fingerprint density at radius 2 is 1.63 bits per heavy atom. The number of hydrogen-bond acceptors (Lipinski definition) is 4. The van der Waals surface area contributed by atoms with Gasteiger partial charge in [-0.2, -0.15) is 0 Å². The fraction of sp³-hybridized carbons (Fsp3) is 0.200. The van der Waals surface area contributed by atoms with E-state index >= 15 is 0 Å². The van der Waals surface area contributed by atoms with Gasteiger partial charge >= 0.3 is 11.9 Å². The molecule has 0 N–H and O–H groups in total. The zero-order valence-electron chi connectivity index (χ0n) is 10.8. The minimum Gasteiger partial charge on any atom is -0.465 e. The summed E-state index contributed by atoms with van der Waals surface area (Å²) in [5.74, 6) is -1.35. The smallest absolute Gasteiger partial charge is 0.345 e. The number of methoxy groups -OCH3 is 2. The van der Waals surface area contributed by atoms with Crippen LogP contribution in [0.2, 0.25) is 0 Å². The Labute approximate surface area is 111 Å². The maximum atomic E-state index is 11.7. The summed E-state index contributed by atoms with van der Waals surface area (Å²) in [6.07, 6.45) is 4.14. The highest BCUT2D eigenvalue weighted by atomic mass is 16.5. The Hall–Kier alpha value is -2.36. The van der Waals surface area contributed by atoms with Crippen LogP contribution in [0.1, 0.15) is 11.1 Å². The number of benzene rings is 1. The number of carbonyl (C=O) groups is 2. The van der Waals surface area contributed by atoms with Gasteiger partial charge in [-0.05, 0) is 23.1 Å². The fourth-order valence-electron chi connectivity index (χ4n) is 2.03. The van der Waals surface area contributed by atoms with Gasteiger partial charge < -0.3 is 9.47 Å². The second kappa shape index (κ2) is 5.52. The molecule has 0 heterocycles. The van der Waals surface area contributed by atoms with Gasteiger partial charge in [0.25, 0.3) is 0 Å². The SMILES string of the molecule is COC(=O)C(C(=O)OC)=C1C=Cc2ccccc2C1. The van der Waals surface area contributed by atoms with Crippen molar-refractivity contribution in [1.29, 1.82) is 0 Å². The van der Waals surface area contributed by atoms with Gasteiger partial charge in [-0.25, -0.2) is 9.59 Å². The third kappa shape index (κ3) is 2.57. The van der Waals surface area contributed by atoms with Crippen molar-refractivity contribution in [2.24, 2.45) is 0 Å². The maximum absolute atomic E-state index is 11.7. The van der Waals surface area contributed by atoms with Gasteiger partial charge in [0, 0.05) is 0 Å². The van der Waals surface area contributed by atoms with Crippen LogP contribution >= 0.6 is 0 Å². The molecule has 0 amide bonds. The average molecular weight is 258 g/mol. The monoisotopic (exact) mass is 258 g/mol. The molecule has 0 saturated heterocycles. The van der Waals surface area contributed by atoms with Gasteiger partial charge in [-0.1, -0.05) is 36.4 Å². The van der Waals surface area contributed by atoms with Crippen LogP contribution in [-0.4, -0.2) is 26.2 Å². The molecular weight excluding hydrogens is 244 g/mol. The van der Waals surface area contributed by atoms with Crippen molar-refractivity contribution >= 4 is 18.0 Å². The first-order valence-corrected chi connectivity index (χ1v) is 5.83. The first-order chi connectivity index (χ1) is 9.17. The van der Waals surface area contributed by atoms with Crippen molar-refractivity contribution in [2.75, 3.05) is 14.2 Å². The lowest BCUT2D eigenvalue weighted by Crippen LogP contribution is -2.19. The molecule has 0 atom stereocenters. The zero-order chi connectivity index (χ0) is 13.8. The molecule has 19 heavy (non-hydrogen) atoms. The quantitative estimate of drug-likeness (QED) is 0.352. The molecule has 4 heteroatoms. The lowest BCUT2D eigenvalue weighted by Gasteiger charge is -2.15. The van der Waals surface area contributed by atoms with E-state index in [0.717, 1.165) is 11.1 Å². The normalized spacial score (nSPS) is 12.6. The number of hydrogen-bond donors (Lipinski definition) is 0. The van der Waals surface area contributed by atoms with E-state index < -0.39 is 11.9 Å². The summed E-state index contributed by atoms with van der Waals surface area (Å²) in [6.45, 7) is 0. The van der Waals surface area contributed by atoms with E-state index in [9.17, 15) is 9.59 Å². The predicted octanol–water partition coefficient (Wildman–Crippen LogP) is 1.90. The molecule has 0 spiro atoms. The summed E-state index contributed by atoms with van der Waals surface area (Å²) in [5, 5.41) is 0. The molecule has 0 radical (unpaired) electrons. The fourth-order valence-corrected chi connectivity index (χ4v) is 2.03. The molecule has 2 rings (SSSR count). The molecule has 1 aliphatic carbocycles. The zero-order valence-corrected chi connectivity index (χ0v) is 10.8. The number of rotatable bonds is 2. The van der Waals surface area contributed by atoms with E-state index in [1.165, 1.54) is 14.2 Å². The first-order valence-electron chi connectivity index (χ1n) is 5.83. The third-order valence-corrected chi connectivity index (χ3v) is 3.00. The summed E-state index contributed by atoms with van der Waals surface area (Å²) in [7, 11) is 2.48. The van der Waals surface area contributed by atoms with Crippen LogP contribution in [0.4, 0.5) is 0 Å². The van der Waals surface area contributed by atoms with Gasteiger partial charge in [-0.3, -0.25) is 0 Å². The summed E-state index contributed by atoms with van der Waals surface area (Å²) >= 11 is 0. The third-order valence-electron chi connectivity index (χ3n) is 3.00. The Bertz CT molecular complexity index is 564. The van der Waals surface area contributed by atoms with Crippen LogP contribution in [-0.2, 0) is 25.5 Å². The van der Waals surface area contributed by atoms with Crippen molar-refractivity contribution in [3.8, 4) is 0 Å². The van der Waals surface area contributed by atoms with E-state index in [4.69, 9.17) is 0 Å². The number of carbonyl (C=O) groups excluding carboxylic acids is 2. The van der Waals surface area contributed by atoms with E-state index in [2.05, 4.69) is 9.47 Å². The van der Waals surface area contributed by atoms with Gasteiger partial charge in [0.05, 0.1) is 14.2 Å². The standard InChI is InChI=1S/C15H14O4/c1-18-14(16)13(15(17)19-2)12-8-7-10-5-3-4-6-11(10)9-12/h3-8H,9H2,1-2H3. The minimum absolute atomic E-state index is 0.0456. The molecule has 0 unspecified atom stereocenters. The van der Waals surface area contributed by atoms with Crippen LogP contribution in [0.3, 0.4) is 0 Å². The van der Waals surface area contributed by atoms with E-state index in [-0.39, 0.29) is 5.57 Å². The average Bonchev–Trinajstić information content (AvgIpc) is 2.46. The summed E-state index contributed by atoms with van der Waals surface area (Å²) in [4.78, 5) is 23.4. The van der Waals surface area contributed by atoms with Gasteiger partial charge in [-0.15, -0.1) is 0 Å². The summed E-state index contributed by atoms with van der Waals surface area (Å²) in [6, 6.07) is 7.81. The molecule has 1 aromatic carbocycles. The van der Waals surface area contributed by atoms with Gasteiger partial charge in [0.2, 0.25) is 0 Å². The summed E-state index contributed by atoms with van der Waals surface area (Å²) in [5.41, 5.74) is 2.71. The van der Waals surface area contributed by atoms with Crippen LogP contribution in [0, 0.1) is 0 Å². The number of esters is 2. The lowest BCUT2D eigenvalue weighted by molar-refractivity contribution is -0.144. The van der Waals surface area contributed by atoms with Crippen molar-refractivity contribution in [2.45, 2.75) is 6.42 Å². The molecule has 0 saturated carbocycles. The van der Waals surface area contributed by atoms with Crippen molar-refractivity contribution < 1.29 is 19.1 Å². The molecule has 1 aromatic rings. The van der Waals surface area contributed by atoms with Gasteiger partial charge in [0.1, 0.15) is 5.57 Å². The van der Waals surface area contributed by atoms with Crippen molar-refractivity contribution in [3.05, 3.63) is 52.6 Å². The second-order valence-electron chi connectivity index (χ2n) is 4.09. The van der Waals surface area contributed by atoms with Crippen LogP contribution in [0.25, 0.3) is 6.08 Å². The molecule has 0 aliphatic heterocycles. The molecular formula is C15H14O4. The maximum Gasteiger partial charge on any atom is 0.345 e. The van der Waals surface area contributed by atoms with Crippen LogP contribution in [0.15, 0.2) is 41.5 Å². The van der Waals surface area contributed by atoms with Gasteiger partial charge in [0.15, 0.2) is 0 Å². The van der Waals surface area contributed by atoms with E-state index in [1.54, 1.807) is 6.08 Å². The second-order valence-corrected chi connectivity index (χ2v) is 4.09. The predicted molar refractivity (Wildman–Crippen MR) is 70.2 cm³/mol. The first kappa shape index (κ1) is 13.1. The highest BCUT2D eigenvalue weighted by Crippen LogP contribution is 2.25. The van der Waals surface area contributed by atoms with Crippen LogP contribution in [0.5, 0.6) is 0 Å². The molecule has 98 valence electrons. The Morgan fingerprint density at radius 3 is 2.26 bits per heavy atom. The summed E-state index contributed by atoms with van der Waals surface area (Å²) < 4.78 is 9.29. The number of allylic oxidation sites excluding steroid dienone is 2. The molecule has 0 fully saturated rings. The number of fused-ring (bicyclic) bond motifs is 1. The highest BCUT2D eigenvalue weighted by molar-refractivity contribution is 6.15.